The van der Waals surface area contributed by atoms with Crippen LogP contribution in [0.5, 0.6) is 0 Å². The maximum absolute atomic E-state index is 5.46. The Morgan fingerprint density at radius 1 is 1.45 bits per heavy atom. The highest BCUT2D eigenvalue weighted by Gasteiger charge is 1.95. The Labute approximate surface area is 74.8 Å². The highest BCUT2D eigenvalue weighted by atomic mass is 35.5. The minimum absolute atomic E-state index is 0.615. The van der Waals surface area contributed by atoms with Crippen molar-refractivity contribution in [3.8, 4) is 0 Å². The van der Waals surface area contributed by atoms with Gasteiger partial charge >= 0.3 is 0 Å². The first-order valence-electron chi connectivity index (χ1n) is 4.25. The van der Waals surface area contributed by atoms with Gasteiger partial charge in [0.15, 0.2) is 0 Å². The summed E-state index contributed by atoms with van der Waals surface area (Å²) in [7, 11) is 0. The van der Waals surface area contributed by atoms with E-state index in [4.69, 9.17) is 11.6 Å². The van der Waals surface area contributed by atoms with Crippen LogP contribution < -0.4 is 5.32 Å². The molecule has 0 aliphatic rings. The molecule has 0 aromatic heterocycles. The van der Waals surface area contributed by atoms with E-state index in [0.717, 1.165) is 6.54 Å². The van der Waals surface area contributed by atoms with Crippen LogP contribution in [0, 0.1) is 0 Å². The van der Waals surface area contributed by atoms with Crippen molar-refractivity contribution in [3.05, 3.63) is 12.2 Å². The number of hydrogen-bond acceptors (Lipinski definition) is 1. The lowest BCUT2D eigenvalue weighted by molar-refractivity contribution is 0.536. The summed E-state index contributed by atoms with van der Waals surface area (Å²) in [5.74, 6) is 0.615. The van der Waals surface area contributed by atoms with Gasteiger partial charge in [0.2, 0.25) is 0 Å². The van der Waals surface area contributed by atoms with Crippen molar-refractivity contribution in [3.63, 3.8) is 0 Å². The summed E-state index contributed by atoms with van der Waals surface area (Å²) in [6.07, 6.45) is 6.52. The van der Waals surface area contributed by atoms with E-state index in [0.29, 0.717) is 11.9 Å². The summed E-state index contributed by atoms with van der Waals surface area (Å²) in [6.45, 7) is 5.35. The van der Waals surface area contributed by atoms with Crippen LogP contribution in [-0.4, -0.2) is 18.5 Å². The molecule has 0 rings (SSSR count). The lowest BCUT2D eigenvalue weighted by Crippen LogP contribution is -2.25. The molecule has 0 fully saturated rings. The number of alkyl halides is 1. The first-order valence-corrected chi connectivity index (χ1v) is 4.79. The third-order valence-corrected chi connectivity index (χ3v) is 1.74. The molecule has 0 amide bonds. The molecular weight excluding hydrogens is 158 g/mol. The van der Waals surface area contributed by atoms with E-state index in [2.05, 4.69) is 25.2 Å². The van der Waals surface area contributed by atoms with Crippen LogP contribution in [-0.2, 0) is 0 Å². The molecule has 0 aliphatic carbocycles. The molecule has 1 atom stereocenters. The molecule has 66 valence electrons. The molecule has 0 radical (unpaired) electrons. The van der Waals surface area contributed by atoms with Gasteiger partial charge in [-0.15, -0.1) is 11.6 Å². The van der Waals surface area contributed by atoms with Crippen LogP contribution in [0.1, 0.15) is 26.7 Å². The molecular formula is C9H18ClN. The average Bonchev–Trinajstić information content (AvgIpc) is 1.99. The Balaban J connectivity index is 3.16. The van der Waals surface area contributed by atoms with Crippen LogP contribution >= 0.6 is 11.6 Å². The quantitative estimate of drug-likeness (QED) is 0.484. The highest BCUT2D eigenvalue weighted by Crippen LogP contribution is 1.93. The normalized spacial score (nSPS) is 14.1. The van der Waals surface area contributed by atoms with Gasteiger partial charge < -0.3 is 5.32 Å². The van der Waals surface area contributed by atoms with Crippen LogP contribution in [0.4, 0.5) is 0 Å². The second kappa shape index (κ2) is 8.09. The Hall–Kier alpha value is -0.0100. The van der Waals surface area contributed by atoms with E-state index < -0.39 is 0 Å². The van der Waals surface area contributed by atoms with Crippen LogP contribution in [0.3, 0.4) is 0 Å². The molecule has 0 heterocycles. The third-order valence-electron chi connectivity index (χ3n) is 1.56. The Morgan fingerprint density at radius 3 is 2.73 bits per heavy atom. The molecule has 1 unspecified atom stereocenters. The minimum Gasteiger partial charge on any atom is -0.311 e. The first-order chi connectivity index (χ1) is 5.31. The second-order valence-electron chi connectivity index (χ2n) is 2.72. The molecule has 1 N–H and O–H groups in total. The monoisotopic (exact) mass is 175 g/mol. The molecule has 0 aromatic carbocycles. The van der Waals surface area contributed by atoms with E-state index in [1.807, 2.05) is 6.08 Å². The van der Waals surface area contributed by atoms with Gasteiger partial charge in [0, 0.05) is 18.5 Å². The van der Waals surface area contributed by atoms with Crippen molar-refractivity contribution in [1.29, 1.82) is 0 Å². The van der Waals surface area contributed by atoms with Gasteiger partial charge in [0.25, 0.3) is 0 Å². The zero-order chi connectivity index (χ0) is 8.53. The first kappa shape index (κ1) is 11.0. The zero-order valence-corrected chi connectivity index (χ0v) is 8.19. The number of halogens is 1. The standard InChI is InChI=1S/C9H18ClN/c1-3-6-9(2)11-8-5-4-7-10/h4-5,9,11H,3,6-8H2,1-2H3/b5-4+. The number of nitrogens with one attached hydrogen (secondary N) is 1. The van der Waals surface area contributed by atoms with Crippen molar-refractivity contribution >= 4 is 11.6 Å². The van der Waals surface area contributed by atoms with Crippen LogP contribution in [0.25, 0.3) is 0 Å². The van der Waals surface area contributed by atoms with Gasteiger partial charge in [0.05, 0.1) is 0 Å². The third kappa shape index (κ3) is 7.89. The fourth-order valence-corrected chi connectivity index (χ4v) is 1.08. The topological polar surface area (TPSA) is 12.0 Å². The molecule has 0 bridgehead atoms. The van der Waals surface area contributed by atoms with E-state index in [9.17, 15) is 0 Å². The van der Waals surface area contributed by atoms with E-state index in [1.54, 1.807) is 0 Å². The van der Waals surface area contributed by atoms with Crippen molar-refractivity contribution in [2.45, 2.75) is 32.7 Å². The summed E-state index contributed by atoms with van der Waals surface area (Å²) in [5, 5.41) is 3.37. The predicted octanol–water partition coefficient (Wildman–Crippen LogP) is 2.56. The van der Waals surface area contributed by atoms with Gasteiger partial charge in [-0.2, -0.15) is 0 Å². The second-order valence-corrected chi connectivity index (χ2v) is 3.03. The zero-order valence-electron chi connectivity index (χ0n) is 7.44. The molecule has 0 aromatic rings. The lowest BCUT2D eigenvalue weighted by Gasteiger charge is -2.09. The lowest BCUT2D eigenvalue weighted by atomic mass is 10.2. The Bertz CT molecular complexity index is 102. The molecule has 2 heteroatoms. The molecule has 0 saturated carbocycles. The van der Waals surface area contributed by atoms with Gasteiger partial charge in [-0.3, -0.25) is 0 Å². The van der Waals surface area contributed by atoms with Crippen LogP contribution in [0.2, 0.25) is 0 Å². The smallest absolute Gasteiger partial charge is 0.0404 e. The maximum atomic E-state index is 5.46. The van der Waals surface area contributed by atoms with Gasteiger partial charge in [-0.05, 0) is 13.3 Å². The minimum atomic E-state index is 0.615. The van der Waals surface area contributed by atoms with Crippen molar-refractivity contribution in [2.75, 3.05) is 12.4 Å². The summed E-state index contributed by atoms with van der Waals surface area (Å²) in [5.41, 5.74) is 0. The largest absolute Gasteiger partial charge is 0.311 e. The summed E-state index contributed by atoms with van der Waals surface area (Å²) in [6, 6.07) is 0.625. The maximum Gasteiger partial charge on any atom is 0.0404 e. The molecule has 11 heavy (non-hydrogen) atoms. The van der Waals surface area contributed by atoms with Crippen molar-refractivity contribution in [2.24, 2.45) is 0 Å². The summed E-state index contributed by atoms with van der Waals surface area (Å²) in [4.78, 5) is 0. The Kier molecular flexibility index (Phi) is 8.08. The van der Waals surface area contributed by atoms with E-state index in [1.165, 1.54) is 12.8 Å². The van der Waals surface area contributed by atoms with E-state index >= 15 is 0 Å². The highest BCUT2D eigenvalue weighted by molar-refractivity contribution is 6.18. The Morgan fingerprint density at radius 2 is 2.18 bits per heavy atom. The summed E-state index contributed by atoms with van der Waals surface area (Å²) < 4.78 is 0. The van der Waals surface area contributed by atoms with Gasteiger partial charge in [0.1, 0.15) is 0 Å². The van der Waals surface area contributed by atoms with Crippen molar-refractivity contribution in [1.82, 2.24) is 5.32 Å². The fraction of sp³-hybridized carbons (Fsp3) is 0.778. The number of rotatable bonds is 6. The molecule has 0 aliphatic heterocycles. The average molecular weight is 176 g/mol. The molecule has 1 nitrogen and oxygen atoms in total. The number of allylic oxidation sites excluding steroid dienone is 1. The number of hydrogen-bond donors (Lipinski definition) is 1. The van der Waals surface area contributed by atoms with Gasteiger partial charge in [-0.25, -0.2) is 0 Å². The fourth-order valence-electron chi connectivity index (χ4n) is 0.951. The van der Waals surface area contributed by atoms with Gasteiger partial charge in [-0.1, -0.05) is 25.5 Å². The van der Waals surface area contributed by atoms with Crippen LogP contribution in [0.15, 0.2) is 12.2 Å². The predicted molar refractivity (Wildman–Crippen MR) is 52.2 cm³/mol. The van der Waals surface area contributed by atoms with E-state index in [-0.39, 0.29) is 0 Å². The molecule has 0 spiro atoms. The summed E-state index contributed by atoms with van der Waals surface area (Å²) >= 11 is 5.46. The SMILES string of the molecule is CCCC(C)NC/C=C/CCl. The molecule has 0 saturated heterocycles. The van der Waals surface area contributed by atoms with Crippen molar-refractivity contribution < 1.29 is 0 Å².